The number of hydrogen-bond donors (Lipinski definition) is 2. The van der Waals surface area contributed by atoms with Gasteiger partial charge in [-0.25, -0.2) is 9.18 Å². The summed E-state index contributed by atoms with van der Waals surface area (Å²) >= 11 is 0. The second-order valence-corrected chi connectivity index (χ2v) is 8.16. The number of likely N-dealkylation sites (tertiary alicyclic amines) is 1. The average molecular weight is 451 g/mol. The molecule has 9 nitrogen and oxygen atoms in total. The minimum Gasteiger partial charge on any atom is -0.465 e. The first-order valence-corrected chi connectivity index (χ1v) is 10.6. The molecule has 1 saturated heterocycles. The van der Waals surface area contributed by atoms with Crippen LogP contribution in [0.15, 0.2) is 54.9 Å². The van der Waals surface area contributed by atoms with Gasteiger partial charge in [-0.2, -0.15) is 0 Å². The third-order valence-electron chi connectivity index (χ3n) is 6.24. The van der Waals surface area contributed by atoms with Crippen molar-refractivity contribution in [1.82, 2.24) is 24.5 Å². The Hall–Kier alpha value is -3.79. The molecule has 0 spiro atoms. The minimum absolute atomic E-state index is 0.0467. The molecule has 1 aliphatic heterocycles. The van der Waals surface area contributed by atoms with Crippen molar-refractivity contribution in [2.75, 3.05) is 6.54 Å². The summed E-state index contributed by atoms with van der Waals surface area (Å²) in [6.45, 7) is 1.78. The van der Waals surface area contributed by atoms with Crippen LogP contribution in [0.25, 0.3) is 16.6 Å². The maximum Gasteiger partial charge on any atom is 0.410 e. The number of rotatable bonds is 3. The van der Waals surface area contributed by atoms with Crippen molar-refractivity contribution in [1.29, 1.82) is 0 Å². The molecule has 1 aliphatic rings. The Labute approximate surface area is 188 Å². The van der Waals surface area contributed by atoms with Crippen LogP contribution in [0.3, 0.4) is 0 Å². The molecule has 170 valence electrons. The highest BCUT2D eigenvalue weighted by atomic mass is 19.1. The van der Waals surface area contributed by atoms with E-state index < -0.39 is 29.7 Å². The van der Waals surface area contributed by atoms with Crippen molar-refractivity contribution in [2.24, 2.45) is 5.92 Å². The van der Waals surface area contributed by atoms with E-state index in [4.69, 9.17) is 4.74 Å². The molecular weight excluding hydrogens is 429 g/mol. The van der Waals surface area contributed by atoms with E-state index in [1.165, 1.54) is 12.1 Å². The molecule has 33 heavy (non-hydrogen) atoms. The number of carboxylic acid groups (broad SMARTS) is 1. The van der Waals surface area contributed by atoms with E-state index in [1.54, 1.807) is 54.0 Å². The summed E-state index contributed by atoms with van der Waals surface area (Å²) in [5.74, 6) is -1.12. The number of benzene rings is 1. The van der Waals surface area contributed by atoms with E-state index in [0.717, 1.165) is 4.90 Å². The first kappa shape index (κ1) is 21.1. The molecule has 2 N–H and O–H groups in total. The van der Waals surface area contributed by atoms with E-state index in [-0.39, 0.29) is 18.1 Å². The summed E-state index contributed by atoms with van der Waals surface area (Å²) in [7, 11) is 0. The molecule has 4 aromatic rings. The summed E-state index contributed by atoms with van der Waals surface area (Å²) in [6.07, 6.45) is 1.88. The van der Waals surface area contributed by atoms with Gasteiger partial charge in [0, 0.05) is 36.3 Å². The lowest BCUT2D eigenvalue weighted by molar-refractivity contribution is -0.139. The van der Waals surface area contributed by atoms with E-state index >= 15 is 0 Å². The molecule has 1 amide bonds. The summed E-state index contributed by atoms with van der Waals surface area (Å²) in [4.78, 5) is 18.0. The maximum atomic E-state index is 14.6. The van der Waals surface area contributed by atoms with Gasteiger partial charge in [-0.15, -0.1) is 10.2 Å². The third-order valence-corrected chi connectivity index (χ3v) is 6.24. The summed E-state index contributed by atoms with van der Waals surface area (Å²) in [6, 6.07) is 11.1. The monoisotopic (exact) mass is 451 g/mol. The highest BCUT2D eigenvalue weighted by Crippen LogP contribution is 2.44. The van der Waals surface area contributed by atoms with Gasteiger partial charge in [0.25, 0.3) is 5.72 Å². The number of aliphatic hydroxyl groups is 1. The van der Waals surface area contributed by atoms with Crippen LogP contribution in [0, 0.1) is 11.7 Å². The number of carbonyl (C=O) groups is 1. The number of ether oxygens (including phenoxy) is 1. The van der Waals surface area contributed by atoms with Crippen molar-refractivity contribution < 1.29 is 24.1 Å². The average Bonchev–Trinajstić information content (AvgIpc) is 3.19. The fourth-order valence-electron chi connectivity index (χ4n) is 4.59. The first-order valence-electron chi connectivity index (χ1n) is 10.6. The molecule has 1 fully saturated rings. The highest BCUT2D eigenvalue weighted by Gasteiger charge is 2.56. The van der Waals surface area contributed by atoms with Crippen LogP contribution in [0.1, 0.15) is 25.6 Å². The fraction of sp³-hybridized carbons (Fsp3) is 0.304. The Morgan fingerprint density at radius 2 is 2.09 bits per heavy atom. The van der Waals surface area contributed by atoms with Crippen LogP contribution < -0.4 is 4.74 Å². The quantitative estimate of drug-likeness (QED) is 0.491. The lowest BCUT2D eigenvalue weighted by atomic mass is 9.89. The van der Waals surface area contributed by atoms with Gasteiger partial charge in [0.2, 0.25) is 5.82 Å². The Morgan fingerprint density at radius 1 is 1.24 bits per heavy atom. The lowest BCUT2D eigenvalue weighted by Crippen LogP contribution is -2.59. The number of nitrogens with zero attached hydrogens (tertiary/aromatic N) is 5. The minimum atomic E-state index is -1.80. The third kappa shape index (κ3) is 3.34. The second-order valence-electron chi connectivity index (χ2n) is 8.16. The number of aliphatic hydroxyl groups excluding tert-OH is 1. The second kappa shape index (κ2) is 7.96. The SMILES string of the molecule is CC1C(O)CCCN(C(=O)O)C1(Oc1cc(F)cc2cccnc12)c1nnc2ccccn12. The van der Waals surface area contributed by atoms with Crippen LogP contribution >= 0.6 is 0 Å². The van der Waals surface area contributed by atoms with Gasteiger partial charge in [-0.05, 0) is 37.1 Å². The van der Waals surface area contributed by atoms with Crippen LogP contribution in [0.4, 0.5) is 9.18 Å². The lowest BCUT2D eigenvalue weighted by Gasteiger charge is -2.44. The molecule has 3 atom stereocenters. The molecular formula is C23H22FN5O4. The van der Waals surface area contributed by atoms with Gasteiger partial charge in [0.15, 0.2) is 11.4 Å². The van der Waals surface area contributed by atoms with Gasteiger partial charge in [-0.3, -0.25) is 14.3 Å². The zero-order valence-corrected chi connectivity index (χ0v) is 17.8. The van der Waals surface area contributed by atoms with Gasteiger partial charge in [-0.1, -0.05) is 19.1 Å². The Kier molecular flexibility index (Phi) is 5.09. The number of fused-ring (bicyclic) bond motifs is 2. The molecule has 3 aromatic heterocycles. The Morgan fingerprint density at radius 3 is 2.91 bits per heavy atom. The van der Waals surface area contributed by atoms with Gasteiger partial charge in [0.05, 0.1) is 6.10 Å². The van der Waals surface area contributed by atoms with E-state index in [0.29, 0.717) is 29.4 Å². The van der Waals surface area contributed by atoms with E-state index in [2.05, 4.69) is 15.2 Å². The zero-order chi connectivity index (χ0) is 23.2. The number of pyridine rings is 2. The number of amides is 1. The largest absolute Gasteiger partial charge is 0.465 e. The molecule has 0 aliphatic carbocycles. The standard InChI is InChI=1S/C23H22FN5O4/c1-14-17(30)7-5-11-29(22(31)32)23(14,21-27-26-19-8-2-3-10-28(19)21)33-18-13-16(24)12-15-6-4-9-25-20(15)18/h2-4,6,8-10,12-14,17,30H,5,7,11H2,1H3,(H,31,32). The molecule has 3 unspecified atom stereocenters. The number of halogens is 1. The number of aromatic nitrogens is 4. The topological polar surface area (TPSA) is 113 Å². The molecule has 4 heterocycles. The zero-order valence-electron chi connectivity index (χ0n) is 17.8. The molecule has 0 bridgehead atoms. The van der Waals surface area contributed by atoms with Gasteiger partial charge < -0.3 is 14.9 Å². The summed E-state index contributed by atoms with van der Waals surface area (Å²) in [5, 5.41) is 30.2. The molecule has 0 saturated carbocycles. The van der Waals surface area contributed by atoms with Crippen molar-refractivity contribution >= 4 is 22.6 Å². The smallest absolute Gasteiger partial charge is 0.410 e. The first-order chi connectivity index (χ1) is 15.9. The number of hydrogen-bond acceptors (Lipinski definition) is 6. The molecule has 5 rings (SSSR count). The van der Waals surface area contributed by atoms with Gasteiger partial charge in [0.1, 0.15) is 11.3 Å². The fourth-order valence-corrected chi connectivity index (χ4v) is 4.59. The van der Waals surface area contributed by atoms with Crippen LogP contribution in [0.5, 0.6) is 5.75 Å². The summed E-state index contributed by atoms with van der Waals surface area (Å²) in [5.41, 5.74) is -0.960. The highest BCUT2D eigenvalue weighted by molar-refractivity contribution is 5.84. The molecule has 10 heteroatoms. The molecule has 1 aromatic carbocycles. The van der Waals surface area contributed by atoms with Gasteiger partial charge >= 0.3 is 6.09 Å². The van der Waals surface area contributed by atoms with Crippen LogP contribution in [-0.2, 0) is 5.72 Å². The Balaban J connectivity index is 1.82. The van der Waals surface area contributed by atoms with E-state index in [9.17, 15) is 19.4 Å². The van der Waals surface area contributed by atoms with Crippen molar-refractivity contribution in [3.8, 4) is 5.75 Å². The van der Waals surface area contributed by atoms with E-state index in [1.807, 2.05) is 0 Å². The predicted octanol–water partition coefficient (Wildman–Crippen LogP) is 3.42. The van der Waals surface area contributed by atoms with Crippen LogP contribution in [-0.4, -0.2) is 53.4 Å². The van der Waals surface area contributed by atoms with Crippen molar-refractivity contribution in [2.45, 2.75) is 31.6 Å². The van der Waals surface area contributed by atoms with Crippen molar-refractivity contribution in [3.05, 3.63) is 66.5 Å². The van der Waals surface area contributed by atoms with Crippen molar-refractivity contribution in [3.63, 3.8) is 0 Å². The maximum absolute atomic E-state index is 14.6. The summed E-state index contributed by atoms with van der Waals surface area (Å²) < 4.78 is 22.7. The Bertz CT molecular complexity index is 1340. The normalized spacial score (nSPS) is 23.5. The molecule has 0 radical (unpaired) electrons. The predicted molar refractivity (Wildman–Crippen MR) is 116 cm³/mol. The van der Waals surface area contributed by atoms with Crippen LogP contribution in [0.2, 0.25) is 0 Å².